The highest BCUT2D eigenvalue weighted by atomic mass is 32.2. The lowest BCUT2D eigenvalue weighted by atomic mass is 10.1. The molecular formula is C17H23N3O3S. The Morgan fingerprint density at radius 3 is 2.62 bits per heavy atom. The third-order valence-corrected chi connectivity index (χ3v) is 4.69. The average molecular weight is 349 g/mol. The van der Waals surface area contributed by atoms with Gasteiger partial charge in [-0.05, 0) is 18.1 Å². The van der Waals surface area contributed by atoms with Crippen LogP contribution in [0.5, 0.6) is 0 Å². The van der Waals surface area contributed by atoms with Crippen LogP contribution in [0.25, 0.3) is 10.9 Å². The Morgan fingerprint density at radius 1 is 1.25 bits per heavy atom. The Kier molecular flexibility index (Phi) is 5.77. The molecule has 1 heterocycles. The van der Waals surface area contributed by atoms with Crippen LogP contribution >= 0.6 is 0 Å². The standard InChI is InChI=1S/C17H23N3O3S/c1-13(2)12-16(21)18-10-11-20(24(3,22)23)15-8-4-6-14-7-5-9-19-17(14)15/h4-9,13H,10-12H2,1-3H3,(H,18,21). The highest BCUT2D eigenvalue weighted by Gasteiger charge is 2.20. The molecule has 1 aromatic heterocycles. The highest BCUT2D eigenvalue weighted by molar-refractivity contribution is 7.92. The second kappa shape index (κ2) is 7.61. The minimum Gasteiger partial charge on any atom is -0.354 e. The number of carbonyl (C=O) groups is 1. The maximum atomic E-state index is 12.2. The summed E-state index contributed by atoms with van der Waals surface area (Å²) >= 11 is 0. The molecule has 0 atom stereocenters. The molecule has 2 rings (SSSR count). The summed E-state index contributed by atoms with van der Waals surface area (Å²) in [4.78, 5) is 16.0. The van der Waals surface area contributed by atoms with E-state index in [1.807, 2.05) is 32.0 Å². The summed E-state index contributed by atoms with van der Waals surface area (Å²) in [6, 6.07) is 9.11. The van der Waals surface area contributed by atoms with Crippen molar-refractivity contribution in [1.82, 2.24) is 10.3 Å². The smallest absolute Gasteiger partial charge is 0.232 e. The van der Waals surface area contributed by atoms with Gasteiger partial charge in [-0.1, -0.05) is 32.0 Å². The van der Waals surface area contributed by atoms with Crippen molar-refractivity contribution in [3.8, 4) is 0 Å². The Bertz CT molecular complexity index is 813. The monoisotopic (exact) mass is 349 g/mol. The fourth-order valence-electron chi connectivity index (χ4n) is 2.49. The molecule has 6 nitrogen and oxygen atoms in total. The maximum Gasteiger partial charge on any atom is 0.232 e. The van der Waals surface area contributed by atoms with Crippen molar-refractivity contribution >= 4 is 32.5 Å². The van der Waals surface area contributed by atoms with Crippen LogP contribution in [0, 0.1) is 5.92 Å². The van der Waals surface area contributed by atoms with Gasteiger partial charge >= 0.3 is 0 Å². The van der Waals surface area contributed by atoms with E-state index in [1.54, 1.807) is 18.3 Å². The number of carbonyl (C=O) groups excluding carboxylic acids is 1. The first-order valence-corrected chi connectivity index (χ1v) is 9.72. The fourth-order valence-corrected chi connectivity index (χ4v) is 3.42. The van der Waals surface area contributed by atoms with E-state index >= 15 is 0 Å². The molecule has 24 heavy (non-hydrogen) atoms. The Hall–Kier alpha value is -2.15. The Morgan fingerprint density at radius 2 is 1.96 bits per heavy atom. The molecule has 1 N–H and O–H groups in total. The summed E-state index contributed by atoms with van der Waals surface area (Å²) < 4.78 is 25.7. The predicted octanol–water partition coefficient (Wildman–Crippen LogP) is 2.16. The van der Waals surface area contributed by atoms with Crippen molar-refractivity contribution in [3.63, 3.8) is 0 Å². The first kappa shape index (κ1) is 18.2. The van der Waals surface area contributed by atoms with Crippen LogP contribution in [-0.2, 0) is 14.8 Å². The Labute approximate surface area is 142 Å². The summed E-state index contributed by atoms with van der Waals surface area (Å²) in [5, 5.41) is 3.64. The summed E-state index contributed by atoms with van der Waals surface area (Å²) in [5.41, 5.74) is 1.15. The number of benzene rings is 1. The SMILES string of the molecule is CC(C)CC(=O)NCCN(c1cccc2cccnc12)S(C)(=O)=O. The number of pyridine rings is 1. The van der Waals surface area contributed by atoms with Crippen LogP contribution in [0.1, 0.15) is 20.3 Å². The van der Waals surface area contributed by atoms with Crippen molar-refractivity contribution < 1.29 is 13.2 Å². The van der Waals surface area contributed by atoms with Crippen molar-refractivity contribution in [2.75, 3.05) is 23.7 Å². The molecule has 0 unspecified atom stereocenters. The molecule has 1 aromatic carbocycles. The number of sulfonamides is 1. The molecule has 7 heteroatoms. The topological polar surface area (TPSA) is 79.4 Å². The van der Waals surface area contributed by atoms with Crippen LogP contribution < -0.4 is 9.62 Å². The van der Waals surface area contributed by atoms with Gasteiger partial charge in [-0.2, -0.15) is 0 Å². The lowest BCUT2D eigenvalue weighted by molar-refractivity contribution is -0.121. The molecule has 0 spiro atoms. The van der Waals surface area contributed by atoms with Gasteiger partial charge in [0.1, 0.15) is 0 Å². The first-order chi connectivity index (χ1) is 11.3. The lowest BCUT2D eigenvalue weighted by Gasteiger charge is -2.23. The van der Waals surface area contributed by atoms with E-state index in [0.29, 0.717) is 17.6 Å². The molecule has 0 fully saturated rings. The first-order valence-electron chi connectivity index (χ1n) is 7.87. The summed E-state index contributed by atoms with van der Waals surface area (Å²) in [6.45, 7) is 4.34. The van der Waals surface area contributed by atoms with Gasteiger partial charge < -0.3 is 5.32 Å². The molecule has 0 aliphatic heterocycles. The Balaban J connectivity index is 2.22. The number of rotatable bonds is 7. The molecule has 0 aliphatic carbocycles. The summed E-state index contributed by atoms with van der Waals surface area (Å²) in [7, 11) is -3.49. The molecule has 0 radical (unpaired) electrons. The lowest BCUT2D eigenvalue weighted by Crippen LogP contribution is -2.38. The number of fused-ring (bicyclic) bond motifs is 1. The van der Waals surface area contributed by atoms with Gasteiger partial charge in [0.05, 0.1) is 24.0 Å². The fraction of sp³-hybridized carbons (Fsp3) is 0.412. The molecule has 1 amide bonds. The largest absolute Gasteiger partial charge is 0.354 e. The average Bonchev–Trinajstić information content (AvgIpc) is 2.49. The number of para-hydroxylation sites is 1. The number of nitrogens with zero attached hydrogens (tertiary/aromatic N) is 2. The normalized spacial score (nSPS) is 11.7. The van der Waals surface area contributed by atoms with Crippen molar-refractivity contribution in [2.45, 2.75) is 20.3 Å². The van der Waals surface area contributed by atoms with Crippen LogP contribution in [0.4, 0.5) is 5.69 Å². The number of nitrogens with one attached hydrogen (secondary N) is 1. The second-order valence-electron chi connectivity index (χ2n) is 6.14. The van der Waals surface area contributed by atoms with Gasteiger partial charge in [0.25, 0.3) is 0 Å². The molecule has 0 bridgehead atoms. The number of aromatic nitrogens is 1. The predicted molar refractivity (Wildman–Crippen MR) is 96.4 cm³/mol. The van der Waals surface area contributed by atoms with Crippen LogP contribution in [0.15, 0.2) is 36.5 Å². The minimum absolute atomic E-state index is 0.0745. The molecule has 0 saturated carbocycles. The number of amides is 1. The van der Waals surface area contributed by atoms with Gasteiger partial charge in [0.15, 0.2) is 0 Å². The second-order valence-corrected chi connectivity index (χ2v) is 8.04. The van der Waals surface area contributed by atoms with E-state index in [-0.39, 0.29) is 24.9 Å². The van der Waals surface area contributed by atoms with Gasteiger partial charge in [0, 0.05) is 24.5 Å². The molecule has 2 aromatic rings. The van der Waals surface area contributed by atoms with E-state index in [9.17, 15) is 13.2 Å². The van der Waals surface area contributed by atoms with Gasteiger partial charge in [-0.3, -0.25) is 14.1 Å². The van der Waals surface area contributed by atoms with E-state index in [1.165, 1.54) is 4.31 Å². The van der Waals surface area contributed by atoms with E-state index < -0.39 is 10.0 Å². The highest BCUT2D eigenvalue weighted by Crippen LogP contribution is 2.26. The van der Waals surface area contributed by atoms with Crippen LogP contribution in [0.3, 0.4) is 0 Å². The third kappa shape index (κ3) is 4.67. The van der Waals surface area contributed by atoms with Crippen LogP contribution in [0.2, 0.25) is 0 Å². The zero-order valence-electron chi connectivity index (χ0n) is 14.2. The quantitative estimate of drug-likeness (QED) is 0.831. The van der Waals surface area contributed by atoms with Gasteiger partial charge in [-0.15, -0.1) is 0 Å². The van der Waals surface area contributed by atoms with Gasteiger partial charge in [0.2, 0.25) is 15.9 Å². The van der Waals surface area contributed by atoms with E-state index in [4.69, 9.17) is 0 Å². The molecule has 0 saturated heterocycles. The molecule has 130 valence electrons. The number of hydrogen-bond acceptors (Lipinski definition) is 4. The zero-order valence-corrected chi connectivity index (χ0v) is 15.0. The van der Waals surface area contributed by atoms with Crippen molar-refractivity contribution in [3.05, 3.63) is 36.5 Å². The zero-order chi connectivity index (χ0) is 17.7. The van der Waals surface area contributed by atoms with Crippen molar-refractivity contribution in [2.24, 2.45) is 5.92 Å². The summed E-state index contributed by atoms with van der Waals surface area (Å²) in [6.07, 6.45) is 3.22. The maximum absolute atomic E-state index is 12.2. The van der Waals surface area contributed by atoms with E-state index in [2.05, 4.69) is 10.3 Å². The number of hydrogen-bond donors (Lipinski definition) is 1. The molecule has 0 aliphatic rings. The minimum atomic E-state index is -3.49. The van der Waals surface area contributed by atoms with Gasteiger partial charge in [-0.25, -0.2) is 8.42 Å². The van der Waals surface area contributed by atoms with Crippen LogP contribution in [-0.4, -0.2) is 38.7 Å². The van der Waals surface area contributed by atoms with Crippen molar-refractivity contribution in [1.29, 1.82) is 0 Å². The molecular weight excluding hydrogens is 326 g/mol. The van der Waals surface area contributed by atoms with E-state index in [0.717, 1.165) is 11.6 Å². The number of anilines is 1. The summed E-state index contributed by atoms with van der Waals surface area (Å²) in [5.74, 6) is 0.188. The third-order valence-electron chi connectivity index (χ3n) is 3.51.